The highest BCUT2D eigenvalue weighted by molar-refractivity contribution is 5.85. The zero-order valence-electron chi connectivity index (χ0n) is 14.3. The van der Waals surface area contributed by atoms with Gasteiger partial charge in [-0.3, -0.25) is 5.32 Å². The Kier molecular flexibility index (Phi) is 5.04. The Hall–Kier alpha value is -2.49. The monoisotopic (exact) mass is 324 g/mol. The van der Waals surface area contributed by atoms with E-state index in [-0.39, 0.29) is 6.09 Å². The lowest BCUT2D eigenvalue weighted by atomic mass is 10.1. The van der Waals surface area contributed by atoms with Crippen LogP contribution in [0.4, 0.5) is 16.2 Å². The average Bonchev–Trinajstić information content (AvgIpc) is 2.96. The van der Waals surface area contributed by atoms with Crippen molar-refractivity contribution in [1.29, 1.82) is 0 Å². The van der Waals surface area contributed by atoms with Gasteiger partial charge in [0.15, 0.2) is 0 Å². The number of carbonyl (C=O) groups is 1. The molecule has 3 rings (SSSR count). The van der Waals surface area contributed by atoms with Gasteiger partial charge in [-0.1, -0.05) is 44.2 Å². The number of benzene rings is 2. The Bertz CT molecular complexity index is 698. The molecule has 126 valence electrons. The van der Waals surface area contributed by atoms with E-state index in [9.17, 15) is 4.79 Å². The van der Waals surface area contributed by atoms with Crippen molar-refractivity contribution >= 4 is 17.5 Å². The number of fused-ring (bicyclic) bond motifs is 1. The lowest BCUT2D eigenvalue weighted by Crippen LogP contribution is -2.19. The van der Waals surface area contributed by atoms with Crippen molar-refractivity contribution in [1.82, 2.24) is 0 Å². The van der Waals surface area contributed by atoms with Crippen molar-refractivity contribution in [3.63, 3.8) is 0 Å². The smallest absolute Gasteiger partial charge is 0.411 e. The number of amides is 1. The molecule has 1 aliphatic rings. The van der Waals surface area contributed by atoms with Crippen LogP contribution in [-0.2, 0) is 17.7 Å². The van der Waals surface area contributed by atoms with Gasteiger partial charge < -0.3 is 9.64 Å². The largest absolute Gasteiger partial charge is 0.449 e. The molecule has 4 heteroatoms. The minimum atomic E-state index is -0.386. The van der Waals surface area contributed by atoms with Crippen LogP contribution in [-0.4, -0.2) is 19.2 Å². The molecule has 1 amide bonds. The standard InChI is InChI=1S/C20H24N2O2/c1-15(2)14-24-20(23)21-18-8-9-19-17(12-18)10-11-22(19)13-16-6-4-3-5-7-16/h3-9,12,15H,10-11,13-14H2,1-2H3,(H,21,23). The van der Waals surface area contributed by atoms with E-state index in [1.807, 2.05) is 26.0 Å². The quantitative estimate of drug-likeness (QED) is 0.883. The fraction of sp³-hybridized carbons (Fsp3) is 0.350. The predicted octanol–water partition coefficient (Wildman–Crippen LogP) is 4.45. The van der Waals surface area contributed by atoms with E-state index in [2.05, 4.69) is 46.6 Å². The SMILES string of the molecule is CC(C)COC(=O)Nc1ccc2c(c1)CCN2Cc1ccccc1. The fourth-order valence-electron chi connectivity index (χ4n) is 2.91. The summed E-state index contributed by atoms with van der Waals surface area (Å²) >= 11 is 0. The molecule has 1 aliphatic heterocycles. The number of hydrogen-bond acceptors (Lipinski definition) is 3. The van der Waals surface area contributed by atoms with E-state index < -0.39 is 0 Å². The zero-order valence-corrected chi connectivity index (χ0v) is 14.3. The number of rotatable bonds is 5. The van der Waals surface area contributed by atoms with Gasteiger partial charge in [0, 0.05) is 24.5 Å². The van der Waals surface area contributed by atoms with Crippen LogP contribution in [0.25, 0.3) is 0 Å². The summed E-state index contributed by atoms with van der Waals surface area (Å²) in [5, 5.41) is 2.81. The minimum Gasteiger partial charge on any atom is -0.449 e. The molecule has 0 saturated carbocycles. The maximum atomic E-state index is 11.8. The maximum Gasteiger partial charge on any atom is 0.411 e. The first kappa shape index (κ1) is 16.4. The van der Waals surface area contributed by atoms with Gasteiger partial charge in [-0.05, 0) is 41.7 Å². The van der Waals surface area contributed by atoms with Crippen molar-refractivity contribution in [2.24, 2.45) is 5.92 Å². The highest BCUT2D eigenvalue weighted by Gasteiger charge is 2.19. The molecule has 2 aromatic rings. The number of hydrogen-bond donors (Lipinski definition) is 1. The van der Waals surface area contributed by atoms with Crippen molar-refractivity contribution in [3.05, 3.63) is 59.7 Å². The molecule has 0 radical (unpaired) electrons. The molecule has 0 aliphatic carbocycles. The summed E-state index contributed by atoms with van der Waals surface area (Å²) in [5.41, 5.74) is 4.63. The van der Waals surface area contributed by atoms with E-state index >= 15 is 0 Å². The molecule has 0 atom stereocenters. The van der Waals surface area contributed by atoms with Crippen LogP contribution in [0, 0.1) is 5.92 Å². The first-order valence-electron chi connectivity index (χ1n) is 8.47. The van der Waals surface area contributed by atoms with Crippen LogP contribution in [0.3, 0.4) is 0 Å². The lowest BCUT2D eigenvalue weighted by molar-refractivity contribution is 0.147. The summed E-state index contributed by atoms with van der Waals surface area (Å²) < 4.78 is 5.17. The molecule has 0 unspecified atom stereocenters. The van der Waals surface area contributed by atoms with Gasteiger partial charge in [-0.25, -0.2) is 4.79 Å². The third-order valence-corrected chi connectivity index (χ3v) is 4.08. The Morgan fingerprint density at radius 3 is 2.75 bits per heavy atom. The van der Waals surface area contributed by atoms with Crippen LogP contribution in [0.15, 0.2) is 48.5 Å². The predicted molar refractivity (Wildman–Crippen MR) is 97.4 cm³/mol. The molecule has 0 bridgehead atoms. The van der Waals surface area contributed by atoms with Gasteiger partial charge in [-0.15, -0.1) is 0 Å². The normalized spacial score (nSPS) is 13.0. The van der Waals surface area contributed by atoms with Crippen LogP contribution >= 0.6 is 0 Å². The van der Waals surface area contributed by atoms with E-state index in [0.29, 0.717) is 12.5 Å². The third-order valence-electron chi connectivity index (χ3n) is 4.08. The topological polar surface area (TPSA) is 41.6 Å². The number of ether oxygens (including phenoxy) is 1. The maximum absolute atomic E-state index is 11.8. The lowest BCUT2D eigenvalue weighted by Gasteiger charge is -2.19. The first-order valence-corrected chi connectivity index (χ1v) is 8.47. The van der Waals surface area contributed by atoms with Crippen LogP contribution < -0.4 is 10.2 Å². The minimum absolute atomic E-state index is 0.335. The van der Waals surface area contributed by atoms with Gasteiger partial charge in [0.2, 0.25) is 0 Å². The summed E-state index contributed by atoms with van der Waals surface area (Å²) in [6.45, 7) is 6.39. The number of carbonyl (C=O) groups excluding carboxylic acids is 1. The number of nitrogens with one attached hydrogen (secondary N) is 1. The van der Waals surface area contributed by atoms with E-state index in [1.54, 1.807) is 0 Å². The molecule has 24 heavy (non-hydrogen) atoms. The van der Waals surface area contributed by atoms with E-state index in [4.69, 9.17) is 4.74 Å². The Balaban J connectivity index is 1.64. The highest BCUT2D eigenvalue weighted by atomic mass is 16.5. The second-order valence-corrected chi connectivity index (χ2v) is 6.62. The third kappa shape index (κ3) is 4.07. The molecule has 0 spiro atoms. The number of nitrogens with zero attached hydrogens (tertiary/aromatic N) is 1. The fourth-order valence-corrected chi connectivity index (χ4v) is 2.91. The van der Waals surface area contributed by atoms with Crippen LogP contribution in [0.5, 0.6) is 0 Å². The average molecular weight is 324 g/mol. The molecule has 1 N–H and O–H groups in total. The molecule has 0 saturated heterocycles. The Labute approximate surface area is 143 Å². The summed E-state index contributed by atoms with van der Waals surface area (Å²) in [6, 6.07) is 16.6. The van der Waals surface area contributed by atoms with Gasteiger partial charge in [0.25, 0.3) is 0 Å². The van der Waals surface area contributed by atoms with Crippen molar-refractivity contribution < 1.29 is 9.53 Å². The van der Waals surface area contributed by atoms with Crippen molar-refractivity contribution in [2.75, 3.05) is 23.4 Å². The summed E-state index contributed by atoms with van der Waals surface area (Å²) in [6.07, 6.45) is 0.612. The number of anilines is 2. The summed E-state index contributed by atoms with van der Waals surface area (Å²) in [4.78, 5) is 14.2. The van der Waals surface area contributed by atoms with Crippen molar-refractivity contribution in [2.45, 2.75) is 26.8 Å². The van der Waals surface area contributed by atoms with E-state index in [1.165, 1.54) is 16.8 Å². The van der Waals surface area contributed by atoms with E-state index in [0.717, 1.165) is 25.2 Å². The molecule has 1 heterocycles. The van der Waals surface area contributed by atoms with Gasteiger partial charge >= 0.3 is 6.09 Å². The second kappa shape index (κ2) is 7.39. The molecular formula is C20H24N2O2. The van der Waals surface area contributed by atoms with Gasteiger partial charge in [-0.2, -0.15) is 0 Å². The van der Waals surface area contributed by atoms with Crippen molar-refractivity contribution in [3.8, 4) is 0 Å². The van der Waals surface area contributed by atoms with Gasteiger partial charge in [0.1, 0.15) is 0 Å². The summed E-state index contributed by atoms with van der Waals surface area (Å²) in [5.74, 6) is 0.335. The van der Waals surface area contributed by atoms with Gasteiger partial charge in [0.05, 0.1) is 6.61 Å². The second-order valence-electron chi connectivity index (χ2n) is 6.62. The Morgan fingerprint density at radius 1 is 1.21 bits per heavy atom. The van der Waals surface area contributed by atoms with Crippen LogP contribution in [0.2, 0.25) is 0 Å². The zero-order chi connectivity index (χ0) is 16.9. The summed E-state index contributed by atoms with van der Waals surface area (Å²) in [7, 11) is 0. The molecule has 0 aromatic heterocycles. The molecule has 0 fully saturated rings. The molecular weight excluding hydrogens is 300 g/mol. The molecule has 4 nitrogen and oxygen atoms in total. The Morgan fingerprint density at radius 2 is 2.00 bits per heavy atom. The van der Waals surface area contributed by atoms with Crippen LogP contribution in [0.1, 0.15) is 25.0 Å². The first-order chi connectivity index (χ1) is 11.6. The highest BCUT2D eigenvalue weighted by Crippen LogP contribution is 2.31. The molecule has 2 aromatic carbocycles.